The molecule has 3 rings (SSSR count). The molecule has 0 saturated carbocycles. The molecule has 2 atom stereocenters. The number of imidazole rings is 1. The van der Waals surface area contributed by atoms with Gasteiger partial charge in [0.2, 0.25) is 5.91 Å². The minimum Gasteiger partial charge on any atom is -0.380 e. The van der Waals surface area contributed by atoms with E-state index >= 15 is 0 Å². The van der Waals surface area contributed by atoms with Gasteiger partial charge >= 0.3 is 0 Å². The summed E-state index contributed by atoms with van der Waals surface area (Å²) in [7, 11) is 3.51. The number of nitrogens with zero attached hydrogens (tertiary/aromatic N) is 3. The van der Waals surface area contributed by atoms with Crippen molar-refractivity contribution in [2.24, 2.45) is 0 Å². The first-order chi connectivity index (χ1) is 11.7. The molecule has 0 unspecified atom stereocenters. The Labute approximate surface area is 142 Å². The molecule has 2 heterocycles. The molecule has 2 aromatic rings. The van der Waals surface area contributed by atoms with Gasteiger partial charge in [-0.15, -0.1) is 0 Å². The second-order valence-electron chi connectivity index (χ2n) is 6.21. The molecule has 1 aromatic heterocycles. The van der Waals surface area contributed by atoms with E-state index in [0.29, 0.717) is 6.54 Å². The highest BCUT2D eigenvalue weighted by molar-refractivity contribution is 5.82. The van der Waals surface area contributed by atoms with E-state index in [0.717, 1.165) is 25.3 Å². The Bertz CT molecular complexity index is 671. The number of ether oxygens (including phenoxy) is 1. The van der Waals surface area contributed by atoms with Gasteiger partial charge in [0.1, 0.15) is 5.82 Å². The number of nitrogens with one attached hydrogen (secondary N) is 1. The third-order valence-corrected chi connectivity index (χ3v) is 4.47. The van der Waals surface area contributed by atoms with E-state index in [1.165, 1.54) is 5.56 Å². The van der Waals surface area contributed by atoms with Crippen LogP contribution in [0.1, 0.15) is 17.8 Å². The zero-order chi connectivity index (χ0) is 16.9. The lowest BCUT2D eigenvalue weighted by atomic mass is 10.2. The molecule has 1 saturated heterocycles. The van der Waals surface area contributed by atoms with Crippen molar-refractivity contribution < 1.29 is 9.53 Å². The number of amides is 1. The van der Waals surface area contributed by atoms with E-state index in [9.17, 15) is 4.79 Å². The third kappa shape index (κ3) is 3.83. The first-order valence-corrected chi connectivity index (χ1v) is 8.22. The van der Waals surface area contributed by atoms with E-state index in [-0.39, 0.29) is 18.1 Å². The van der Waals surface area contributed by atoms with Crippen LogP contribution in [0.25, 0.3) is 0 Å². The topological polar surface area (TPSA) is 59.4 Å². The molecule has 6 heteroatoms. The summed E-state index contributed by atoms with van der Waals surface area (Å²) in [5.41, 5.74) is 1.21. The second-order valence-corrected chi connectivity index (χ2v) is 6.21. The average Bonchev–Trinajstić information content (AvgIpc) is 3.25. The van der Waals surface area contributed by atoms with E-state index in [4.69, 9.17) is 4.74 Å². The van der Waals surface area contributed by atoms with Gasteiger partial charge in [-0.05, 0) is 12.0 Å². The molecule has 0 bridgehead atoms. The Balaban J connectivity index is 1.62. The number of carbonyl (C=O) groups is 1. The summed E-state index contributed by atoms with van der Waals surface area (Å²) in [5, 5.41) is 3.23. The summed E-state index contributed by atoms with van der Waals surface area (Å²) < 4.78 is 7.40. The summed E-state index contributed by atoms with van der Waals surface area (Å²) >= 11 is 0. The maximum Gasteiger partial charge on any atom is 0.239 e. The monoisotopic (exact) mass is 328 g/mol. The molecule has 128 valence electrons. The van der Waals surface area contributed by atoms with Gasteiger partial charge in [-0.25, -0.2) is 4.98 Å². The highest BCUT2D eigenvalue weighted by Crippen LogP contribution is 2.13. The van der Waals surface area contributed by atoms with Gasteiger partial charge in [-0.1, -0.05) is 30.3 Å². The van der Waals surface area contributed by atoms with Crippen LogP contribution in [0.5, 0.6) is 0 Å². The molecule has 1 amide bonds. The Morgan fingerprint density at radius 2 is 2.21 bits per heavy atom. The highest BCUT2D eigenvalue weighted by Gasteiger charge is 2.31. The maximum atomic E-state index is 12.6. The van der Waals surface area contributed by atoms with Crippen LogP contribution in [0.2, 0.25) is 0 Å². The van der Waals surface area contributed by atoms with Gasteiger partial charge in [0.05, 0.1) is 18.7 Å². The van der Waals surface area contributed by atoms with Crippen LogP contribution < -0.4 is 5.32 Å². The smallest absolute Gasteiger partial charge is 0.239 e. The Kier molecular flexibility index (Phi) is 5.27. The molecule has 24 heavy (non-hydrogen) atoms. The van der Waals surface area contributed by atoms with E-state index in [2.05, 4.69) is 27.0 Å². The number of benzene rings is 1. The first kappa shape index (κ1) is 16.7. The Morgan fingerprint density at radius 3 is 2.92 bits per heavy atom. The molecule has 1 aromatic carbocycles. The third-order valence-electron chi connectivity index (χ3n) is 4.47. The van der Waals surface area contributed by atoms with Crippen molar-refractivity contribution >= 4 is 5.91 Å². The van der Waals surface area contributed by atoms with Gasteiger partial charge in [0, 0.05) is 39.6 Å². The SMILES string of the molecule is CO[C@@H]1CN[C@H](C(=O)N(C)Cc2nccn2Cc2ccccc2)C1. The fourth-order valence-electron chi connectivity index (χ4n) is 3.04. The maximum absolute atomic E-state index is 12.6. The van der Waals surface area contributed by atoms with Crippen molar-refractivity contribution in [1.82, 2.24) is 19.8 Å². The van der Waals surface area contributed by atoms with Crippen LogP contribution in [0.15, 0.2) is 42.7 Å². The largest absolute Gasteiger partial charge is 0.380 e. The predicted molar refractivity (Wildman–Crippen MR) is 91.4 cm³/mol. The second kappa shape index (κ2) is 7.59. The molecule has 1 fully saturated rings. The Hall–Kier alpha value is -2.18. The van der Waals surface area contributed by atoms with Crippen LogP contribution >= 0.6 is 0 Å². The van der Waals surface area contributed by atoms with Gasteiger partial charge in [-0.2, -0.15) is 0 Å². The minimum atomic E-state index is -0.169. The van der Waals surface area contributed by atoms with Crippen LogP contribution in [0, 0.1) is 0 Å². The van der Waals surface area contributed by atoms with Crippen molar-refractivity contribution in [3.63, 3.8) is 0 Å². The first-order valence-electron chi connectivity index (χ1n) is 8.22. The van der Waals surface area contributed by atoms with Gasteiger partial charge in [0.15, 0.2) is 0 Å². The summed E-state index contributed by atoms with van der Waals surface area (Å²) in [6.45, 7) is 1.98. The lowest BCUT2D eigenvalue weighted by Gasteiger charge is -2.21. The van der Waals surface area contributed by atoms with E-state index < -0.39 is 0 Å². The van der Waals surface area contributed by atoms with Crippen molar-refractivity contribution in [3.05, 3.63) is 54.1 Å². The molecular formula is C18H24N4O2. The molecule has 0 aliphatic carbocycles. The fourth-order valence-corrected chi connectivity index (χ4v) is 3.04. The number of carbonyl (C=O) groups excluding carboxylic acids is 1. The number of hydrogen-bond acceptors (Lipinski definition) is 4. The Morgan fingerprint density at radius 1 is 1.42 bits per heavy atom. The number of methoxy groups -OCH3 is 1. The van der Waals surface area contributed by atoms with Crippen molar-refractivity contribution in [1.29, 1.82) is 0 Å². The average molecular weight is 328 g/mol. The predicted octanol–water partition coefficient (Wildman–Crippen LogP) is 1.27. The molecular weight excluding hydrogens is 304 g/mol. The van der Waals surface area contributed by atoms with E-state index in [1.807, 2.05) is 31.4 Å². The molecule has 1 N–H and O–H groups in total. The normalized spacial score (nSPS) is 20.2. The van der Waals surface area contributed by atoms with Gasteiger partial charge in [0.25, 0.3) is 0 Å². The molecule has 1 aliphatic rings. The molecule has 1 aliphatic heterocycles. The standard InChI is InChI=1S/C18H24N4O2/c1-21(18(23)16-10-15(24-2)11-20-16)13-17-19-8-9-22(17)12-14-6-4-3-5-7-14/h3-9,15-16,20H,10-13H2,1-2H3/t15-,16-/m0/s1. The van der Waals surface area contributed by atoms with Crippen LogP contribution in [0.4, 0.5) is 0 Å². The van der Waals surface area contributed by atoms with Crippen LogP contribution in [-0.4, -0.2) is 53.2 Å². The molecule has 0 radical (unpaired) electrons. The fraction of sp³-hybridized carbons (Fsp3) is 0.444. The lowest BCUT2D eigenvalue weighted by Crippen LogP contribution is -2.41. The highest BCUT2D eigenvalue weighted by atomic mass is 16.5. The number of rotatable bonds is 6. The van der Waals surface area contributed by atoms with Crippen LogP contribution in [0.3, 0.4) is 0 Å². The molecule has 0 spiro atoms. The zero-order valence-electron chi connectivity index (χ0n) is 14.2. The van der Waals surface area contributed by atoms with Gasteiger partial charge < -0.3 is 19.5 Å². The summed E-state index contributed by atoms with van der Waals surface area (Å²) in [5.74, 6) is 0.972. The number of likely N-dealkylation sites (N-methyl/N-ethyl adjacent to an activating group) is 1. The van der Waals surface area contributed by atoms with Crippen molar-refractivity contribution in [2.75, 3.05) is 20.7 Å². The van der Waals surface area contributed by atoms with Gasteiger partial charge in [-0.3, -0.25) is 4.79 Å². The van der Waals surface area contributed by atoms with Crippen molar-refractivity contribution in [2.45, 2.75) is 31.7 Å². The molecule has 6 nitrogen and oxygen atoms in total. The zero-order valence-corrected chi connectivity index (χ0v) is 14.2. The summed E-state index contributed by atoms with van der Waals surface area (Å²) in [4.78, 5) is 18.7. The summed E-state index contributed by atoms with van der Waals surface area (Å²) in [6.07, 6.45) is 4.58. The lowest BCUT2D eigenvalue weighted by molar-refractivity contribution is -0.132. The van der Waals surface area contributed by atoms with Crippen LogP contribution in [-0.2, 0) is 22.6 Å². The van der Waals surface area contributed by atoms with Crippen molar-refractivity contribution in [3.8, 4) is 0 Å². The number of aromatic nitrogens is 2. The minimum absolute atomic E-state index is 0.0869. The van der Waals surface area contributed by atoms with E-state index in [1.54, 1.807) is 18.2 Å². The quantitative estimate of drug-likeness (QED) is 0.867. The summed E-state index contributed by atoms with van der Waals surface area (Å²) in [6, 6.07) is 10.1. The number of hydrogen-bond donors (Lipinski definition) is 1.